The number of ether oxygens (including phenoxy) is 2. The Bertz CT molecular complexity index is 1350. The van der Waals surface area contributed by atoms with Gasteiger partial charge in [-0.3, -0.25) is 14.8 Å². The summed E-state index contributed by atoms with van der Waals surface area (Å²) in [4.78, 5) is 20.5. The first-order chi connectivity index (χ1) is 17.1. The van der Waals surface area contributed by atoms with Crippen LogP contribution in [-0.2, 0) is 10.0 Å². The van der Waals surface area contributed by atoms with Gasteiger partial charge in [-0.25, -0.2) is 18.4 Å². The number of halogens is 1. The number of carbonyl (C=O) groups is 1. The summed E-state index contributed by atoms with van der Waals surface area (Å²) in [5.74, 6) is 0.571. The number of amides is 1. The maximum atomic E-state index is 12.8. The molecule has 3 N–H and O–H groups in total. The van der Waals surface area contributed by atoms with E-state index in [2.05, 4.69) is 41.3 Å². The lowest BCUT2D eigenvalue weighted by Gasteiger charge is -2.15. The van der Waals surface area contributed by atoms with Crippen LogP contribution in [0.5, 0.6) is 11.6 Å². The molecule has 1 heterocycles. The van der Waals surface area contributed by atoms with Gasteiger partial charge in [-0.05, 0) is 60.6 Å². The van der Waals surface area contributed by atoms with E-state index in [4.69, 9.17) is 21.7 Å². The molecule has 3 rings (SSSR count). The number of hydrogen-bond donors (Lipinski definition) is 3. The number of thiocarbonyl (C=S) groups is 1. The topological polar surface area (TPSA) is 132 Å². The number of rotatable bonds is 9. The molecule has 0 unspecified atom stereocenters. The van der Waals surface area contributed by atoms with E-state index in [0.29, 0.717) is 28.1 Å². The van der Waals surface area contributed by atoms with Crippen molar-refractivity contribution in [2.24, 2.45) is 5.92 Å². The van der Waals surface area contributed by atoms with Crippen LogP contribution < -0.4 is 24.8 Å². The van der Waals surface area contributed by atoms with Crippen molar-refractivity contribution in [1.29, 1.82) is 0 Å². The summed E-state index contributed by atoms with van der Waals surface area (Å²) in [7, 11) is -2.49. The lowest BCUT2D eigenvalue weighted by atomic mass is 10.2. The van der Waals surface area contributed by atoms with Crippen molar-refractivity contribution >= 4 is 60.7 Å². The second kappa shape index (κ2) is 12.1. The Morgan fingerprint density at radius 3 is 2.50 bits per heavy atom. The molecule has 0 aliphatic heterocycles. The SMILES string of the molecule is COc1cc(NS(=O)(=O)c2ccc(NC(=S)NC(=O)c3cc(Br)ccc3OCC(C)C)cc2)ncn1. The van der Waals surface area contributed by atoms with Gasteiger partial charge >= 0.3 is 0 Å². The smallest absolute Gasteiger partial charge is 0.263 e. The molecule has 0 radical (unpaired) electrons. The first-order valence-electron chi connectivity index (χ1n) is 10.6. The van der Waals surface area contributed by atoms with Crippen molar-refractivity contribution < 1.29 is 22.7 Å². The van der Waals surface area contributed by atoms with Gasteiger partial charge in [-0.1, -0.05) is 29.8 Å². The highest BCUT2D eigenvalue weighted by Crippen LogP contribution is 2.24. The van der Waals surface area contributed by atoms with E-state index in [1.54, 1.807) is 18.2 Å². The molecule has 0 spiro atoms. The number of hydrogen-bond acceptors (Lipinski definition) is 8. The van der Waals surface area contributed by atoms with E-state index in [-0.39, 0.29) is 27.6 Å². The molecule has 0 fully saturated rings. The molecule has 10 nitrogen and oxygen atoms in total. The van der Waals surface area contributed by atoms with E-state index in [1.165, 1.54) is 43.8 Å². The minimum Gasteiger partial charge on any atom is -0.492 e. The van der Waals surface area contributed by atoms with Crippen molar-refractivity contribution in [1.82, 2.24) is 15.3 Å². The van der Waals surface area contributed by atoms with Crippen LogP contribution in [-0.4, -0.2) is 43.1 Å². The molecule has 36 heavy (non-hydrogen) atoms. The highest BCUT2D eigenvalue weighted by Gasteiger charge is 2.17. The van der Waals surface area contributed by atoms with Crippen LogP contribution >= 0.6 is 28.1 Å². The van der Waals surface area contributed by atoms with Gasteiger partial charge in [0.1, 0.15) is 17.9 Å². The van der Waals surface area contributed by atoms with Crippen molar-refractivity contribution in [3.05, 3.63) is 64.9 Å². The Balaban J connectivity index is 1.65. The molecular formula is C23H24BrN5O5S2. The molecule has 0 saturated heterocycles. The fraction of sp³-hybridized carbons (Fsp3) is 0.217. The Kier molecular flexibility index (Phi) is 9.18. The average Bonchev–Trinajstić information content (AvgIpc) is 2.83. The monoisotopic (exact) mass is 593 g/mol. The summed E-state index contributed by atoms with van der Waals surface area (Å²) in [6.07, 6.45) is 1.19. The van der Waals surface area contributed by atoms with E-state index in [1.807, 2.05) is 13.8 Å². The lowest BCUT2D eigenvalue weighted by Crippen LogP contribution is -2.34. The highest BCUT2D eigenvalue weighted by molar-refractivity contribution is 9.10. The van der Waals surface area contributed by atoms with Gasteiger partial charge in [0, 0.05) is 16.2 Å². The molecule has 3 aromatic rings. The van der Waals surface area contributed by atoms with E-state index in [0.717, 1.165) is 0 Å². The van der Waals surface area contributed by atoms with Gasteiger partial charge in [0.25, 0.3) is 15.9 Å². The fourth-order valence-corrected chi connectivity index (χ4v) is 4.39. The number of nitrogens with one attached hydrogen (secondary N) is 3. The third kappa shape index (κ3) is 7.60. The van der Waals surface area contributed by atoms with Crippen LogP contribution in [0.1, 0.15) is 24.2 Å². The summed E-state index contributed by atoms with van der Waals surface area (Å²) in [5.41, 5.74) is 0.802. The molecule has 2 aromatic carbocycles. The molecule has 1 amide bonds. The maximum Gasteiger partial charge on any atom is 0.263 e. The first-order valence-corrected chi connectivity index (χ1v) is 13.3. The van der Waals surface area contributed by atoms with Gasteiger partial charge in [0.15, 0.2) is 5.11 Å². The summed E-state index contributed by atoms with van der Waals surface area (Å²) < 4.78 is 39.1. The summed E-state index contributed by atoms with van der Waals surface area (Å²) >= 11 is 8.62. The number of nitrogens with zero attached hydrogens (tertiary/aromatic N) is 2. The molecule has 190 valence electrons. The number of benzene rings is 2. The quantitative estimate of drug-likeness (QED) is 0.312. The normalized spacial score (nSPS) is 11.0. The van der Waals surface area contributed by atoms with Gasteiger partial charge in [0.05, 0.1) is 24.2 Å². The molecule has 0 saturated carbocycles. The van der Waals surface area contributed by atoms with Gasteiger partial charge in [0.2, 0.25) is 5.88 Å². The average molecular weight is 595 g/mol. The highest BCUT2D eigenvalue weighted by atomic mass is 79.9. The molecule has 13 heteroatoms. The van der Waals surface area contributed by atoms with Gasteiger partial charge in [-0.15, -0.1) is 0 Å². The Labute approximate surface area is 223 Å². The van der Waals surface area contributed by atoms with Crippen LogP contribution in [0, 0.1) is 5.92 Å². The Morgan fingerprint density at radius 2 is 1.83 bits per heavy atom. The molecule has 1 aromatic heterocycles. The van der Waals surface area contributed by atoms with Crippen molar-refractivity contribution in [3.8, 4) is 11.6 Å². The van der Waals surface area contributed by atoms with Crippen molar-refractivity contribution in [2.75, 3.05) is 23.8 Å². The number of methoxy groups -OCH3 is 1. The number of sulfonamides is 1. The van der Waals surface area contributed by atoms with Crippen LogP contribution in [0.25, 0.3) is 0 Å². The van der Waals surface area contributed by atoms with Gasteiger partial charge in [-0.2, -0.15) is 0 Å². The van der Waals surface area contributed by atoms with Crippen molar-refractivity contribution in [2.45, 2.75) is 18.7 Å². The molecule has 0 aliphatic carbocycles. The maximum absolute atomic E-state index is 12.8. The zero-order valence-electron chi connectivity index (χ0n) is 19.6. The second-order valence-electron chi connectivity index (χ2n) is 7.83. The third-order valence-corrected chi connectivity index (χ3v) is 6.57. The van der Waals surface area contributed by atoms with E-state index < -0.39 is 15.9 Å². The Morgan fingerprint density at radius 1 is 1.11 bits per heavy atom. The predicted molar refractivity (Wildman–Crippen MR) is 144 cm³/mol. The number of anilines is 2. The number of carbonyl (C=O) groups excluding carboxylic acids is 1. The van der Waals surface area contributed by atoms with Gasteiger partial charge < -0.3 is 14.8 Å². The molecule has 0 bridgehead atoms. The van der Waals surface area contributed by atoms with Crippen LogP contribution in [0.15, 0.2) is 64.2 Å². The zero-order valence-corrected chi connectivity index (χ0v) is 22.8. The third-order valence-electron chi connectivity index (χ3n) is 4.50. The minimum atomic E-state index is -3.90. The minimum absolute atomic E-state index is 0.00154. The molecular weight excluding hydrogens is 570 g/mol. The molecule has 0 aliphatic rings. The van der Waals surface area contributed by atoms with Crippen LogP contribution in [0.3, 0.4) is 0 Å². The second-order valence-corrected chi connectivity index (χ2v) is 10.8. The summed E-state index contributed by atoms with van der Waals surface area (Å²) in [5, 5.41) is 5.52. The van der Waals surface area contributed by atoms with Crippen LogP contribution in [0.4, 0.5) is 11.5 Å². The number of aromatic nitrogens is 2. The van der Waals surface area contributed by atoms with Crippen LogP contribution in [0.2, 0.25) is 0 Å². The van der Waals surface area contributed by atoms with E-state index >= 15 is 0 Å². The van der Waals surface area contributed by atoms with E-state index in [9.17, 15) is 13.2 Å². The summed E-state index contributed by atoms with van der Waals surface area (Å²) in [6, 6.07) is 12.3. The Hall–Kier alpha value is -3.29. The summed E-state index contributed by atoms with van der Waals surface area (Å²) in [6.45, 7) is 4.48. The zero-order chi connectivity index (χ0) is 26.3. The standard InChI is InChI=1S/C23H24BrN5O5S2/c1-14(2)12-34-19-9-4-15(24)10-18(19)22(30)28-23(35)27-16-5-7-17(8-6-16)36(31,32)29-20-11-21(33-3)26-13-25-20/h4-11,13-14H,12H2,1-3H3,(H,25,26,29)(H2,27,28,30,35). The lowest BCUT2D eigenvalue weighted by molar-refractivity contribution is 0.0973. The van der Waals surface area contributed by atoms with Crippen molar-refractivity contribution in [3.63, 3.8) is 0 Å². The molecule has 0 atom stereocenters. The predicted octanol–water partition coefficient (Wildman–Crippen LogP) is 4.21. The largest absolute Gasteiger partial charge is 0.492 e. The fourth-order valence-electron chi connectivity index (χ4n) is 2.82. The first kappa shape index (κ1) is 27.3.